The smallest absolute Gasteiger partial charge is 0.244 e. The van der Waals surface area contributed by atoms with Gasteiger partial charge in [0, 0.05) is 50.6 Å². The molecular formula is C30H49N9O2. The fourth-order valence-electron chi connectivity index (χ4n) is 7.09. The van der Waals surface area contributed by atoms with Crippen molar-refractivity contribution in [3.63, 3.8) is 0 Å². The highest BCUT2D eigenvalue weighted by Crippen LogP contribution is 2.32. The predicted molar refractivity (Wildman–Crippen MR) is 161 cm³/mol. The van der Waals surface area contributed by atoms with E-state index < -0.39 is 6.23 Å². The second-order valence-corrected chi connectivity index (χ2v) is 12.3. The van der Waals surface area contributed by atoms with Gasteiger partial charge in [-0.3, -0.25) is 30.7 Å². The SMILES string of the molecule is CC(O)N1CCCC/C=C\CN2C(=O)C3CNC(Nc4ccc(N5CCN(C)CC5)cc4)NC3N2C2CCCC1N2. The first-order chi connectivity index (χ1) is 20.0. The molecule has 5 aliphatic heterocycles. The summed E-state index contributed by atoms with van der Waals surface area (Å²) in [6.45, 7) is 8.22. The number of benzene rings is 1. The number of aliphatic hydroxyl groups is 1. The first-order valence-electron chi connectivity index (χ1n) is 15.7. The van der Waals surface area contributed by atoms with Crippen molar-refractivity contribution >= 4 is 17.3 Å². The number of piperazine rings is 1. The summed E-state index contributed by atoms with van der Waals surface area (Å²) in [5.41, 5.74) is 2.31. The Hall–Kier alpha value is -2.25. The molecule has 2 bridgehead atoms. The fraction of sp³-hybridized carbons (Fsp3) is 0.700. The average molecular weight is 568 g/mol. The van der Waals surface area contributed by atoms with Crippen molar-refractivity contribution in [3.8, 4) is 0 Å². The van der Waals surface area contributed by atoms with Crippen LogP contribution >= 0.6 is 0 Å². The maximum absolute atomic E-state index is 13.7. The molecule has 1 amide bonds. The number of nitrogens with zero attached hydrogens (tertiary/aromatic N) is 5. The molecule has 6 atom stereocenters. The zero-order valence-corrected chi connectivity index (χ0v) is 24.7. The Balaban J connectivity index is 1.17. The van der Waals surface area contributed by atoms with E-state index in [2.05, 4.69) is 84.4 Å². The van der Waals surface area contributed by atoms with Crippen molar-refractivity contribution < 1.29 is 9.90 Å². The van der Waals surface area contributed by atoms with E-state index in [1.807, 2.05) is 11.9 Å². The van der Waals surface area contributed by atoms with Gasteiger partial charge in [-0.25, -0.2) is 0 Å². The molecule has 226 valence electrons. The summed E-state index contributed by atoms with van der Waals surface area (Å²) in [6.07, 6.45) is 9.79. The molecule has 1 aromatic carbocycles. The number of aliphatic hydroxyl groups excluding tert-OH is 1. The standard InChI is InChI=1S/C30H49N9O2/c1-22(40)37-15-6-4-3-5-7-16-38-29(41)25-21-31-30(34-28(25)39(38)27-10-8-9-26(37)33-27)32-23-11-13-24(14-12-23)36-19-17-35(2)18-20-36/h5,7,11-14,22,25-28,30-34,40H,3-4,6,8-10,15-21H2,1-2H3/b7-5-. The monoisotopic (exact) mass is 567 g/mol. The van der Waals surface area contributed by atoms with E-state index in [9.17, 15) is 9.90 Å². The van der Waals surface area contributed by atoms with Crippen LogP contribution in [0, 0.1) is 5.92 Å². The number of amides is 1. The Morgan fingerprint density at radius 3 is 2.51 bits per heavy atom. The minimum atomic E-state index is -0.510. The Morgan fingerprint density at radius 2 is 1.73 bits per heavy atom. The molecule has 5 aliphatic rings. The van der Waals surface area contributed by atoms with Crippen LogP contribution in [0.3, 0.4) is 0 Å². The fourth-order valence-corrected chi connectivity index (χ4v) is 7.09. The van der Waals surface area contributed by atoms with Gasteiger partial charge in [-0.15, -0.1) is 0 Å². The van der Waals surface area contributed by atoms with Gasteiger partial charge in [0.05, 0.1) is 31.0 Å². The minimum Gasteiger partial charge on any atom is -0.379 e. The normalized spacial score (nSPS) is 34.1. The number of nitrogens with one attached hydrogen (secondary N) is 4. The molecule has 1 aromatic rings. The molecule has 6 unspecified atom stereocenters. The topological polar surface area (TPSA) is 102 Å². The van der Waals surface area contributed by atoms with E-state index in [0.29, 0.717) is 13.1 Å². The second kappa shape index (κ2) is 12.9. The Kier molecular flexibility index (Phi) is 9.11. The molecule has 0 aromatic heterocycles. The number of hydrogen-bond acceptors (Lipinski definition) is 10. The lowest BCUT2D eigenvalue weighted by Gasteiger charge is -2.47. The average Bonchev–Trinajstić information content (AvgIpc) is 3.25. The molecule has 41 heavy (non-hydrogen) atoms. The van der Waals surface area contributed by atoms with Gasteiger partial charge in [0.2, 0.25) is 5.91 Å². The summed E-state index contributed by atoms with van der Waals surface area (Å²) >= 11 is 0. The lowest BCUT2D eigenvalue weighted by molar-refractivity contribution is -0.147. The maximum Gasteiger partial charge on any atom is 0.244 e. The van der Waals surface area contributed by atoms with E-state index >= 15 is 0 Å². The van der Waals surface area contributed by atoms with Crippen LogP contribution in [-0.2, 0) is 4.79 Å². The zero-order valence-electron chi connectivity index (χ0n) is 24.7. The van der Waals surface area contributed by atoms with Gasteiger partial charge in [0.25, 0.3) is 0 Å². The van der Waals surface area contributed by atoms with Gasteiger partial charge in [0.1, 0.15) is 12.5 Å². The molecule has 0 aliphatic carbocycles. The number of carbonyl (C=O) groups is 1. The van der Waals surface area contributed by atoms with E-state index in [0.717, 1.165) is 76.9 Å². The Morgan fingerprint density at radius 1 is 0.951 bits per heavy atom. The van der Waals surface area contributed by atoms with Crippen molar-refractivity contribution in [1.82, 2.24) is 35.8 Å². The van der Waals surface area contributed by atoms with Crippen molar-refractivity contribution in [2.24, 2.45) is 5.92 Å². The van der Waals surface area contributed by atoms with Crippen LogP contribution in [0.25, 0.3) is 0 Å². The molecule has 5 heterocycles. The van der Waals surface area contributed by atoms with Crippen molar-refractivity contribution in [3.05, 3.63) is 36.4 Å². The van der Waals surface area contributed by atoms with Crippen LogP contribution in [0.4, 0.5) is 11.4 Å². The molecule has 0 spiro atoms. The van der Waals surface area contributed by atoms with Crippen LogP contribution in [0.1, 0.15) is 45.4 Å². The van der Waals surface area contributed by atoms with Crippen LogP contribution in [-0.4, -0.2) is 115 Å². The quantitative estimate of drug-likeness (QED) is 0.341. The molecule has 5 N–H and O–H groups in total. The third-order valence-corrected chi connectivity index (χ3v) is 9.46. The van der Waals surface area contributed by atoms with Crippen molar-refractivity contribution in [2.75, 3.05) is 63.1 Å². The molecule has 4 saturated heterocycles. The number of anilines is 2. The summed E-state index contributed by atoms with van der Waals surface area (Å²) < 4.78 is 0. The van der Waals surface area contributed by atoms with Gasteiger partial charge in [-0.05, 0) is 76.8 Å². The number of piperidine rings is 1. The highest BCUT2D eigenvalue weighted by molar-refractivity contribution is 5.82. The van der Waals surface area contributed by atoms with Crippen molar-refractivity contribution in [1.29, 1.82) is 0 Å². The second-order valence-electron chi connectivity index (χ2n) is 12.3. The minimum absolute atomic E-state index is 0.0113. The first-order valence-corrected chi connectivity index (χ1v) is 15.7. The van der Waals surface area contributed by atoms with Crippen LogP contribution in [0.5, 0.6) is 0 Å². The molecule has 0 radical (unpaired) electrons. The van der Waals surface area contributed by atoms with Gasteiger partial charge < -0.3 is 20.2 Å². The number of rotatable bonds is 4. The van der Waals surface area contributed by atoms with Crippen LogP contribution < -0.4 is 26.2 Å². The van der Waals surface area contributed by atoms with E-state index in [1.54, 1.807) is 0 Å². The third-order valence-electron chi connectivity index (χ3n) is 9.46. The number of hydrogen-bond donors (Lipinski definition) is 5. The van der Waals surface area contributed by atoms with E-state index in [4.69, 9.17) is 0 Å². The number of allylic oxidation sites excluding steroid dienone is 1. The summed E-state index contributed by atoms with van der Waals surface area (Å²) in [6, 6.07) is 8.70. The summed E-state index contributed by atoms with van der Waals surface area (Å²) in [5, 5.41) is 29.6. The Labute approximate surface area is 244 Å². The van der Waals surface area contributed by atoms with Gasteiger partial charge in [-0.2, -0.15) is 5.01 Å². The number of likely N-dealkylation sites (N-methyl/N-ethyl adjacent to an activating group) is 1. The lowest BCUT2D eigenvalue weighted by Crippen LogP contribution is -2.69. The largest absolute Gasteiger partial charge is 0.379 e. The zero-order chi connectivity index (χ0) is 28.3. The van der Waals surface area contributed by atoms with Gasteiger partial charge >= 0.3 is 0 Å². The van der Waals surface area contributed by atoms with E-state index in [1.165, 1.54) is 5.69 Å². The molecular weight excluding hydrogens is 518 g/mol. The number of carbonyl (C=O) groups excluding carboxylic acids is 1. The number of fused-ring (bicyclic) bond motifs is 6. The molecule has 6 rings (SSSR count). The highest BCUT2D eigenvalue weighted by atomic mass is 16.3. The van der Waals surface area contributed by atoms with Crippen LogP contribution in [0.15, 0.2) is 36.4 Å². The molecule has 11 nitrogen and oxygen atoms in total. The van der Waals surface area contributed by atoms with Gasteiger partial charge in [0.15, 0.2) is 0 Å². The predicted octanol–water partition coefficient (Wildman–Crippen LogP) is 1.13. The Bertz CT molecular complexity index is 1040. The summed E-state index contributed by atoms with van der Waals surface area (Å²) in [7, 11) is 2.18. The lowest BCUT2D eigenvalue weighted by atomic mass is 10.0. The highest BCUT2D eigenvalue weighted by Gasteiger charge is 2.52. The maximum atomic E-state index is 13.7. The summed E-state index contributed by atoms with van der Waals surface area (Å²) in [5.74, 6) is 0.00446. The van der Waals surface area contributed by atoms with Crippen LogP contribution in [0.2, 0.25) is 0 Å². The van der Waals surface area contributed by atoms with Crippen molar-refractivity contribution in [2.45, 2.75) is 76.5 Å². The first kappa shape index (κ1) is 28.9. The van der Waals surface area contributed by atoms with Gasteiger partial charge in [-0.1, -0.05) is 12.2 Å². The number of hydrazine groups is 1. The third kappa shape index (κ3) is 6.41. The molecule has 4 fully saturated rings. The molecule has 0 saturated carbocycles. The molecule has 11 heteroatoms. The summed E-state index contributed by atoms with van der Waals surface area (Å²) in [4.78, 5) is 20.7. The van der Waals surface area contributed by atoms with E-state index in [-0.39, 0.29) is 36.6 Å².